The van der Waals surface area contributed by atoms with Crippen molar-refractivity contribution in [2.75, 3.05) is 6.54 Å². The van der Waals surface area contributed by atoms with Crippen molar-refractivity contribution >= 4 is 17.6 Å². The fourth-order valence-corrected chi connectivity index (χ4v) is 2.44. The number of nitrogens with one attached hydrogen (secondary N) is 2. The van der Waals surface area contributed by atoms with Crippen LogP contribution in [0.15, 0.2) is 30.3 Å². The van der Waals surface area contributed by atoms with Gasteiger partial charge in [-0.25, -0.2) is 0 Å². The molecule has 0 aromatic heterocycles. The van der Waals surface area contributed by atoms with Gasteiger partial charge in [0.2, 0.25) is 11.8 Å². The van der Waals surface area contributed by atoms with E-state index in [1.165, 1.54) is 0 Å². The van der Waals surface area contributed by atoms with Gasteiger partial charge in [0.1, 0.15) is 0 Å². The lowest BCUT2D eigenvalue weighted by atomic mass is 9.92. The van der Waals surface area contributed by atoms with E-state index >= 15 is 0 Å². The molecule has 0 saturated carbocycles. The lowest BCUT2D eigenvalue weighted by Gasteiger charge is -2.15. The highest BCUT2D eigenvalue weighted by Crippen LogP contribution is 2.19. The molecule has 1 unspecified atom stereocenters. The third-order valence-electron chi connectivity index (χ3n) is 3.76. The SMILES string of the molecule is C[C@@H]1N[C@@H]1C(=O)CC(Cc1ccccc1)C(=O)NCC(N)=O. The Hall–Kier alpha value is -2.21. The van der Waals surface area contributed by atoms with Gasteiger partial charge in [-0.15, -0.1) is 0 Å². The molecule has 0 radical (unpaired) electrons. The number of amides is 2. The van der Waals surface area contributed by atoms with Crippen molar-refractivity contribution in [3.63, 3.8) is 0 Å². The predicted molar refractivity (Wildman–Crippen MR) is 81.8 cm³/mol. The van der Waals surface area contributed by atoms with E-state index in [9.17, 15) is 14.4 Å². The first-order valence-electron chi connectivity index (χ1n) is 7.36. The van der Waals surface area contributed by atoms with Crippen molar-refractivity contribution in [1.29, 1.82) is 0 Å². The van der Waals surface area contributed by atoms with Crippen LogP contribution < -0.4 is 16.4 Å². The van der Waals surface area contributed by atoms with Gasteiger partial charge in [-0.05, 0) is 18.9 Å². The van der Waals surface area contributed by atoms with Crippen LogP contribution in [0.2, 0.25) is 0 Å². The number of primary amides is 1. The Kier molecular flexibility index (Phi) is 5.27. The minimum absolute atomic E-state index is 0.0302. The average molecular weight is 303 g/mol. The summed E-state index contributed by atoms with van der Waals surface area (Å²) in [6, 6.07) is 9.53. The van der Waals surface area contributed by atoms with E-state index in [0.29, 0.717) is 6.42 Å². The van der Waals surface area contributed by atoms with E-state index in [4.69, 9.17) is 5.73 Å². The highest BCUT2D eigenvalue weighted by atomic mass is 16.2. The van der Waals surface area contributed by atoms with E-state index in [0.717, 1.165) is 5.56 Å². The summed E-state index contributed by atoms with van der Waals surface area (Å²) in [6.07, 6.45) is 0.611. The second-order valence-corrected chi connectivity index (χ2v) is 5.67. The standard InChI is InChI=1S/C16H21N3O3/c1-10-15(19-10)13(20)8-12(16(22)18-9-14(17)21)7-11-5-3-2-4-6-11/h2-6,10,12,15,19H,7-9H2,1H3,(H2,17,21)(H,18,22)/t10-,12?,15-/m0/s1. The van der Waals surface area contributed by atoms with Crippen LogP contribution in [0.25, 0.3) is 0 Å². The van der Waals surface area contributed by atoms with Gasteiger partial charge in [0, 0.05) is 18.4 Å². The molecule has 1 aromatic rings. The molecule has 1 aliphatic heterocycles. The van der Waals surface area contributed by atoms with E-state index in [-0.39, 0.29) is 36.7 Å². The highest BCUT2D eigenvalue weighted by Gasteiger charge is 2.39. The third kappa shape index (κ3) is 4.66. The maximum Gasteiger partial charge on any atom is 0.236 e. The fraction of sp³-hybridized carbons (Fsp3) is 0.438. The summed E-state index contributed by atoms with van der Waals surface area (Å²) < 4.78 is 0. The van der Waals surface area contributed by atoms with Crippen LogP contribution in [0.1, 0.15) is 18.9 Å². The molecule has 1 aromatic carbocycles. The van der Waals surface area contributed by atoms with Gasteiger partial charge in [0.05, 0.1) is 12.6 Å². The summed E-state index contributed by atoms with van der Waals surface area (Å²) in [6.45, 7) is 1.72. The summed E-state index contributed by atoms with van der Waals surface area (Å²) >= 11 is 0. The molecule has 1 heterocycles. The van der Waals surface area contributed by atoms with Crippen LogP contribution in [0.3, 0.4) is 0 Å². The molecule has 6 heteroatoms. The minimum atomic E-state index is -0.601. The van der Waals surface area contributed by atoms with Crippen LogP contribution in [0, 0.1) is 5.92 Å². The smallest absolute Gasteiger partial charge is 0.236 e. The van der Waals surface area contributed by atoms with Gasteiger partial charge in [-0.3, -0.25) is 14.4 Å². The number of nitrogens with two attached hydrogens (primary N) is 1. The van der Waals surface area contributed by atoms with Gasteiger partial charge in [-0.1, -0.05) is 30.3 Å². The molecular weight excluding hydrogens is 282 g/mol. The first-order chi connectivity index (χ1) is 10.5. The molecular formula is C16H21N3O3. The van der Waals surface area contributed by atoms with Gasteiger partial charge < -0.3 is 16.4 Å². The van der Waals surface area contributed by atoms with Crippen molar-refractivity contribution < 1.29 is 14.4 Å². The molecule has 0 bridgehead atoms. The summed E-state index contributed by atoms with van der Waals surface area (Å²) in [7, 11) is 0. The summed E-state index contributed by atoms with van der Waals surface area (Å²) in [5.74, 6) is -1.38. The Morgan fingerprint density at radius 3 is 2.45 bits per heavy atom. The van der Waals surface area contributed by atoms with E-state index in [1.54, 1.807) is 0 Å². The normalized spacial score (nSPS) is 21.0. The van der Waals surface area contributed by atoms with Crippen molar-refractivity contribution in [3.05, 3.63) is 35.9 Å². The second-order valence-electron chi connectivity index (χ2n) is 5.67. The van der Waals surface area contributed by atoms with Crippen LogP contribution in [0.5, 0.6) is 0 Å². The third-order valence-corrected chi connectivity index (χ3v) is 3.76. The average Bonchev–Trinajstić information content (AvgIpc) is 3.22. The van der Waals surface area contributed by atoms with Crippen molar-refractivity contribution in [3.8, 4) is 0 Å². The van der Waals surface area contributed by atoms with Gasteiger partial charge in [0.15, 0.2) is 5.78 Å². The molecule has 6 nitrogen and oxygen atoms in total. The van der Waals surface area contributed by atoms with Crippen LogP contribution in [-0.4, -0.2) is 36.2 Å². The van der Waals surface area contributed by atoms with Crippen molar-refractivity contribution in [2.24, 2.45) is 11.7 Å². The number of ketones is 1. The number of benzene rings is 1. The molecule has 4 N–H and O–H groups in total. The lowest BCUT2D eigenvalue weighted by Crippen LogP contribution is -2.39. The molecule has 0 spiro atoms. The Labute approximate surface area is 129 Å². The summed E-state index contributed by atoms with van der Waals surface area (Å²) in [5, 5.41) is 5.53. The first-order valence-corrected chi connectivity index (χ1v) is 7.36. The topological polar surface area (TPSA) is 111 Å². The Morgan fingerprint density at radius 1 is 1.27 bits per heavy atom. The van der Waals surface area contributed by atoms with E-state index in [2.05, 4.69) is 10.6 Å². The summed E-state index contributed by atoms with van der Waals surface area (Å²) in [5.41, 5.74) is 6.02. The highest BCUT2D eigenvalue weighted by molar-refractivity contribution is 5.93. The van der Waals surface area contributed by atoms with Crippen molar-refractivity contribution in [2.45, 2.75) is 31.8 Å². The van der Waals surface area contributed by atoms with Gasteiger partial charge >= 0.3 is 0 Å². The number of rotatable bonds is 8. The maximum atomic E-state index is 12.2. The monoisotopic (exact) mass is 303 g/mol. The Balaban J connectivity index is 2.00. The molecule has 1 saturated heterocycles. The predicted octanol–water partition coefficient (Wildman–Crippen LogP) is -0.234. The Morgan fingerprint density at radius 2 is 1.91 bits per heavy atom. The number of Topliss-reactive ketones (excluding diaryl/α,β-unsaturated/α-hetero) is 1. The molecule has 3 atom stereocenters. The second kappa shape index (κ2) is 7.17. The first kappa shape index (κ1) is 16.2. The largest absolute Gasteiger partial charge is 0.368 e. The van der Waals surface area contributed by atoms with E-state index < -0.39 is 11.8 Å². The van der Waals surface area contributed by atoms with Crippen LogP contribution in [0.4, 0.5) is 0 Å². The number of hydrogen-bond acceptors (Lipinski definition) is 4. The Bertz CT molecular complexity index is 559. The van der Waals surface area contributed by atoms with Crippen LogP contribution >= 0.6 is 0 Å². The lowest BCUT2D eigenvalue weighted by molar-refractivity contribution is -0.130. The molecule has 2 amide bonds. The molecule has 22 heavy (non-hydrogen) atoms. The minimum Gasteiger partial charge on any atom is -0.368 e. The van der Waals surface area contributed by atoms with E-state index in [1.807, 2.05) is 37.3 Å². The molecule has 118 valence electrons. The number of carbonyl (C=O) groups is 3. The summed E-state index contributed by atoms with van der Waals surface area (Å²) in [4.78, 5) is 35.1. The molecule has 2 rings (SSSR count). The maximum absolute atomic E-state index is 12.2. The van der Waals surface area contributed by atoms with Gasteiger partial charge in [-0.2, -0.15) is 0 Å². The zero-order valence-electron chi connectivity index (χ0n) is 12.5. The molecule has 1 aliphatic rings. The van der Waals surface area contributed by atoms with Crippen molar-refractivity contribution in [1.82, 2.24) is 10.6 Å². The number of hydrogen-bond donors (Lipinski definition) is 3. The zero-order valence-corrected chi connectivity index (χ0v) is 12.5. The molecule has 1 fully saturated rings. The quantitative estimate of drug-likeness (QED) is 0.576. The van der Waals surface area contributed by atoms with Crippen LogP contribution in [-0.2, 0) is 20.8 Å². The molecule has 0 aliphatic carbocycles. The van der Waals surface area contributed by atoms with Gasteiger partial charge in [0.25, 0.3) is 0 Å². The number of carbonyl (C=O) groups excluding carboxylic acids is 3. The fourth-order valence-electron chi connectivity index (χ4n) is 2.44. The zero-order chi connectivity index (χ0) is 16.1.